The molecule has 3 rings (SSSR count). The second-order valence-electron chi connectivity index (χ2n) is 5.89. The molecule has 0 radical (unpaired) electrons. The standard InChI is InChI=1S/C19H15Cl3N4OS/c20-13-1-4-15(5-2-13)24-19(28)26(12-27)18(10-25-8-7-23-11-25)16-6-3-14(21)9-17(16)22/h1-9,11-12,18H,10H2,(H,24,28). The van der Waals surface area contributed by atoms with Crippen molar-refractivity contribution in [3.63, 3.8) is 0 Å². The molecular weight excluding hydrogens is 439 g/mol. The van der Waals surface area contributed by atoms with Crippen molar-refractivity contribution in [1.29, 1.82) is 0 Å². The molecule has 1 unspecified atom stereocenters. The molecule has 0 fully saturated rings. The van der Waals surface area contributed by atoms with Crippen molar-refractivity contribution in [2.75, 3.05) is 5.32 Å². The Balaban J connectivity index is 1.92. The number of nitrogens with one attached hydrogen (secondary N) is 1. The molecule has 0 aliphatic heterocycles. The summed E-state index contributed by atoms with van der Waals surface area (Å²) in [5.74, 6) is 0. The summed E-state index contributed by atoms with van der Waals surface area (Å²) in [7, 11) is 0. The number of halogens is 3. The van der Waals surface area contributed by atoms with E-state index in [0.717, 1.165) is 0 Å². The highest BCUT2D eigenvalue weighted by Crippen LogP contribution is 2.31. The monoisotopic (exact) mass is 452 g/mol. The lowest BCUT2D eigenvalue weighted by Gasteiger charge is -2.30. The van der Waals surface area contributed by atoms with Crippen molar-refractivity contribution in [1.82, 2.24) is 14.5 Å². The zero-order valence-corrected chi connectivity index (χ0v) is 17.5. The largest absolute Gasteiger partial charge is 0.335 e. The summed E-state index contributed by atoms with van der Waals surface area (Å²) in [6.07, 6.45) is 5.80. The quantitative estimate of drug-likeness (QED) is 0.399. The van der Waals surface area contributed by atoms with E-state index in [1.807, 2.05) is 4.57 Å². The predicted octanol–water partition coefficient (Wildman–Crippen LogP) is 5.44. The van der Waals surface area contributed by atoms with E-state index in [1.165, 1.54) is 4.90 Å². The molecule has 0 aliphatic carbocycles. The zero-order valence-electron chi connectivity index (χ0n) is 14.4. The third kappa shape index (κ3) is 5.02. The summed E-state index contributed by atoms with van der Waals surface area (Å²) in [6.45, 7) is 0.405. The number of aromatic nitrogens is 2. The summed E-state index contributed by atoms with van der Waals surface area (Å²) < 4.78 is 1.84. The van der Waals surface area contributed by atoms with E-state index < -0.39 is 6.04 Å². The van der Waals surface area contributed by atoms with Gasteiger partial charge in [-0.2, -0.15) is 0 Å². The molecule has 2 aromatic carbocycles. The van der Waals surface area contributed by atoms with Crippen LogP contribution in [-0.2, 0) is 11.3 Å². The smallest absolute Gasteiger partial charge is 0.216 e. The Kier molecular flexibility index (Phi) is 6.91. The van der Waals surface area contributed by atoms with Crippen LogP contribution in [0.4, 0.5) is 5.69 Å². The highest BCUT2D eigenvalue weighted by Gasteiger charge is 2.25. The molecule has 0 spiro atoms. The van der Waals surface area contributed by atoms with E-state index in [-0.39, 0.29) is 5.11 Å². The lowest BCUT2D eigenvalue weighted by Crippen LogP contribution is -2.38. The maximum absolute atomic E-state index is 12.0. The molecular formula is C19H15Cl3N4OS. The van der Waals surface area contributed by atoms with E-state index >= 15 is 0 Å². The number of carbonyl (C=O) groups is 1. The molecule has 0 aliphatic rings. The topological polar surface area (TPSA) is 50.2 Å². The molecule has 1 atom stereocenters. The Morgan fingerprint density at radius 1 is 1.18 bits per heavy atom. The number of amides is 1. The number of benzene rings is 2. The normalized spacial score (nSPS) is 11.7. The van der Waals surface area contributed by atoms with Gasteiger partial charge in [-0.3, -0.25) is 9.69 Å². The van der Waals surface area contributed by atoms with Crippen molar-refractivity contribution < 1.29 is 4.79 Å². The fourth-order valence-corrected chi connectivity index (χ4v) is 3.63. The van der Waals surface area contributed by atoms with E-state index in [2.05, 4.69) is 10.3 Å². The molecule has 5 nitrogen and oxygen atoms in total. The molecule has 3 aromatic rings. The molecule has 0 saturated carbocycles. The summed E-state index contributed by atoms with van der Waals surface area (Å²) in [5, 5.41) is 4.84. The highest BCUT2D eigenvalue weighted by molar-refractivity contribution is 7.80. The number of carbonyl (C=O) groups excluding carboxylic acids is 1. The van der Waals surface area contributed by atoms with Crippen LogP contribution in [0.15, 0.2) is 61.2 Å². The summed E-state index contributed by atoms with van der Waals surface area (Å²) >= 11 is 23.9. The molecule has 1 aromatic heterocycles. The third-order valence-corrected chi connectivity index (χ3v) is 5.17. The number of imidazole rings is 1. The maximum atomic E-state index is 12.0. The minimum absolute atomic E-state index is 0.230. The van der Waals surface area contributed by atoms with Gasteiger partial charge >= 0.3 is 0 Å². The van der Waals surface area contributed by atoms with Gasteiger partial charge in [-0.15, -0.1) is 0 Å². The minimum Gasteiger partial charge on any atom is -0.335 e. The van der Waals surface area contributed by atoms with Crippen LogP contribution >= 0.6 is 47.0 Å². The lowest BCUT2D eigenvalue weighted by molar-refractivity contribution is -0.116. The van der Waals surface area contributed by atoms with Crippen molar-refractivity contribution in [3.8, 4) is 0 Å². The number of anilines is 1. The Bertz CT molecular complexity index is 964. The van der Waals surface area contributed by atoms with E-state index in [4.69, 9.17) is 47.0 Å². The Morgan fingerprint density at radius 3 is 2.50 bits per heavy atom. The second-order valence-corrected chi connectivity index (χ2v) is 7.56. The van der Waals surface area contributed by atoms with Crippen LogP contribution in [0.2, 0.25) is 15.1 Å². The van der Waals surface area contributed by atoms with Crippen LogP contribution in [0.5, 0.6) is 0 Å². The van der Waals surface area contributed by atoms with Crippen LogP contribution in [0, 0.1) is 0 Å². The van der Waals surface area contributed by atoms with Gasteiger partial charge in [0.1, 0.15) is 0 Å². The SMILES string of the molecule is O=CN(C(=S)Nc1ccc(Cl)cc1)C(Cn1ccnc1)c1ccc(Cl)cc1Cl. The Hall–Kier alpha value is -2.12. The van der Waals surface area contributed by atoms with E-state index in [9.17, 15) is 4.79 Å². The van der Waals surface area contributed by atoms with Gasteiger partial charge in [0.05, 0.1) is 12.4 Å². The third-order valence-electron chi connectivity index (χ3n) is 4.04. The first kappa shape index (κ1) is 20.6. The van der Waals surface area contributed by atoms with Gasteiger partial charge in [0.2, 0.25) is 6.41 Å². The number of hydrogen-bond donors (Lipinski definition) is 1. The van der Waals surface area contributed by atoms with Gasteiger partial charge in [0.25, 0.3) is 0 Å². The van der Waals surface area contributed by atoms with Crippen LogP contribution in [0.3, 0.4) is 0 Å². The van der Waals surface area contributed by atoms with E-state index in [1.54, 1.807) is 61.2 Å². The second kappa shape index (κ2) is 9.39. The van der Waals surface area contributed by atoms with Crippen LogP contribution < -0.4 is 5.32 Å². The molecule has 1 heterocycles. The molecule has 1 N–H and O–H groups in total. The molecule has 28 heavy (non-hydrogen) atoms. The first-order chi connectivity index (χ1) is 13.5. The van der Waals surface area contributed by atoms with Crippen molar-refractivity contribution in [3.05, 3.63) is 81.8 Å². The van der Waals surface area contributed by atoms with Crippen LogP contribution in [0.25, 0.3) is 0 Å². The first-order valence-corrected chi connectivity index (χ1v) is 9.73. The number of rotatable bonds is 6. The van der Waals surface area contributed by atoms with Gasteiger partial charge < -0.3 is 9.88 Å². The summed E-state index contributed by atoms with van der Waals surface area (Å²) in [4.78, 5) is 17.5. The Morgan fingerprint density at radius 2 is 1.89 bits per heavy atom. The maximum Gasteiger partial charge on any atom is 0.216 e. The fraction of sp³-hybridized carbons (Fsp3) is 0.105. The van der Waals surface area contributed by atoms with Gasteiger partial charge in [-0.1, -0.05) is 40.9 Å². The van der Waals surface area contributed by atoms with Gasteiger partial charge in [0, 0.05) is 39.7 Å². The molecule has 0 bridgehead atoms. The number of thiocarbonyl (C=S) groups is 1. The molecule has 9 heteroatoms. The average molecular weight is 454 g/mol. The molecule has 0 saturated heterocycles. The van der Waals surface area contributed by atoms with Gasteiger partial charge in [-0.25, -0.2) is 4.98 Å². The van der Waals surface area contributed by atoms with Crippen molar-refractivity contribution in [2.24, 2.45) is 0 Å². The van der Waals surface area contributed by atoms with E-state index in [0.29, 0.717) is 39.3 Å². The zero-order chi connectivity index (χ0) is 20.1. The highest BCUT2D eigenvalue weighted by atomic mass is 35.5. The minimum atomic E-state index is -0.469. The molecule has 144 valence electrons. The fourth-order valence-electron chi connectivity index (χ4n) is 2.69. The van der Waals surface area contributed by atoms with Crippen molar-refractivity contribution in [2.45, 2.75) is 12.6 Å². The summed E-state index contributed by atoms with van der Waals surface area (Å²) in [5.41, 5.74) is 1.43. The first-order valence-electron chi connectivity index (χ1n) is 8.19. The lowest BCUT2D eigenvalue weighted by atomic mass is 10.1. The van der Waals surface area contributed by atoms with Crippen LogP contribution in [-0.4, -0.2) is 26.0 Å². The predicted molar refractivity (Wildman–Crippen MR) is 117 cm³/mol. The van der Waals surface area contributed by atoms with Gasteiger partial charge in [-0.05, 0) is 54.2 Å². The van der Waals surface area contributed by atoms with Crippen molar-refractivity contribution >= 4 is 64.2 Å². The molecule has 1 amide bonds. The van der Waals surface area contributed by atoms with Gasteiger partial charge in [0.15, 0.2) is 5.11 Å². The number of hydrogen-bond acceptors (Lipinski definition) is 3. The average Bonchev–Trinajstić information content (AvgIpc) is 3.17. The summed E-state index contributed by atoms with van der Waals surface area (Å²) in [6, 6.07) is 11.7. The number of nitrogens with zero attached hydrogens (tertiary/aromatic N) is 3. The Labute approximate surface area is 182 Å². The van der Waals surface area contributed by atoms with Crippen LogP contribution in [0.1, 0.15) is 11.6 Å².